The van der Waals surface area contributed by atoms with Gasteiger partial charge in [-0.3, -0.25) is 14.4 Å². The van der Waals surface area contributed by atoms with E-state index in [-0.39, 0.29) is 44.0 Å². The Bertz CT molecular complexity index is 1080. The second-order valence-corrected chi connectivity index (χ2v) is 10.7. The van der Waals surface area contributed by atoms with Crippen molar-refractivity contribution in [1.82, 2.24) is 4.90 Å². The van der Waals surface area contributed by atoms with Gasteiger partial charge in [0.25, 0.3) is 5.91 Å². The predicted molar refractivity (Wildman–Crippen MR) is 140 cm³/mol. The third-order valence-corrected chi connectivity index (χ3v) is 8.41. The number of nitrogens with zero attached hydrogens (tertiary/aromatic N) is 2. The van der Waals surface area contributed by atoms with Crippen LogP contribution in [0.4, 0.5) is 5.69 Å². The number of β-amino-alcohol motifs (C(OH)–C–C–N with tert-alkyl or cyclic N) is 1. The zero-order valence-corrected chi connectivity index (χ0v) is 22.2. The molecule has 3 fully saturated rings. The number of hydrogen-bond acceptors (Lipinski definition) is 6. The average molecular weight is 531 g/mol. The van der Waals surface area contributed by atoms with Crippen LogP contribution >= 0.6 is 11.6 Å². The Kier molecular flexibility index (Phi) is 7.83. The maximum absolute atomic E-state index is 14.3. The van der Waals surface area contributed by atoms with E-state index in [9.17, 15) is 19.5 Å². The van der Waals surface area contributed by atoms with Gasteiger partial charge in [-0.1, -0.05) is 30.7 Å². The number of halogens is 1. The minimum absolute atomic E-state index is 0.0500. The summed E-state index contributed by atoms with van der Waals surface area (Å²) in [6.07, 6.45) is 5.13. The average Bonchev–Trinajstić information content (AvgIpc) is 3.38. The highest BCUT2D eigenvalue weighted by atomic mass is 35.5. The van der Waals surface area contributed by atoms with Gasteiger partial charge >= 0.3 is 5.97 Å². The van der Waals surface area contributed by atoms with Crippen LogP contribution in [0.2, 0.25) is 5.02 Å². The fraction of sp³-hybridized carbons (Fsp3) is 0.536. The third kappa shape index (κ3) is 4.39. The van der Waals surface area contributed by atoms with Crippen LogP contribution in [0.1, 0.15) is 33.1 Å². The fourth-order valence-corrected chi connectivity index (χ4v) is 6.56. The van der Waals surface area contributed by atoms with E-state index in [1.807, 2.05) is 13.8 Å². The Morgan fingerprint density at radius 2 is 2.00 bits per heavy atom. The highest BCUT2D eigenvalue weighted by Crippen LogP contribution is 2.65. The summed E-state index contributed by atoms with van der Waals surface area (Å²) in [6, 6.07) is 5.81. The Hall–Kier alpha value is -2.68. The van der Waals surface area contributed by atoms with Crippen LogP contribution in [-0.4, -0.2) is 71.3 Å². The second-order valence-electron chi connectivity index (χ2n) is 10.3. The van der Waals surface area contributed by atoms with Crippen LogP contribution in [0.5, 0.6) is 0 Å². The predicted octanol–water partition coefficient (Wildman–Crippen LogP) is 3.37. The molecule has 4 rings (SSSR count). The molecular weight excluding hydrogens is 496 g/mol. The van der Waals surface area contributed by atoms with Crippen molar-refractivity contribution in [2.45, 2.75) is 50.4 Å². The summed E-state index contributed by atoms with van der Waals surface area (Å²) in [4.78, 5) is 44.5. The van der Waals surface area contributed by atoms with Gasteiger partial charge in [-0.25, -0.2) is 0 Å². The topological polar surface area (TPSA) is 96.4 Å². The zero-order chi connectivity index (χ0) is 27.0. The van der Waals surface area contributed by atoms with Crippen molar-refractivity contribution in [3.63, 3.8) is 0 Å². The molecule has 1 N–H and O–H groups in total. The van der Waals surface area contributed by atoms with Gasteiger partial charge in [0.15, 0.2) is 0 Å². The number of amides is 2. The van der Waals surface area contributed by atoms with Gasteiger partial charge in [0.1, 0.15) is 17.6 Å². The number of benzene rings is 1. The lowest BCUT2D eigenvalue weighted by Crippen LogP contribution is -2.57. The molecule has 9 heteroatoms. The van der Waals surface area contributed by atoms with Crippen molar-refractivity contribution < 1.29 is 29.0 Å². The van der Waals surface area contributed by atoms with Gasteiger partial charge in [-0.15, -0.1) is 13.2 Å². The minimum atomic E-state index is -1.21. The molecule has 0 saturated carbocycles. The molecule has 3 heterocycles. The van der Waals surface area contributed by atoms with Crippen LogP contribution < -0.4 is 4.90 Å². The first-order chi connectivity index (χ1) is 17.7. The molecule has 0 radical (unpaired) electrons. The number of likely N-dealkylation sites (tertiary alicyclic amines) is 1. The third-order valence-electron chi connectivity index (χ3n) is 8.16. The van der Waals surface area contributed by atoms with E-state index in [2.05, 4.69) is 13.2 Å². The smallest absolute Gasteiger partial charge is 0.312 e. The summed E-state index contributed by atoms with van der Waals surface area (Å²) in [5, 5.41) is 10.3. The molecule has 1 aromatic carbocycles. The van der Waals surface area contributed by atoms with Crippen LogP contribution in [0.3, 0.4) is 0 Å². The van der Waals surface area contributed by atoms with Crippen molar-refractivity contribution in [2.24, 2.45) is 17.8 Å². The van der Waals surface area contributed by atoms with Gasteiger partial charge < -0.3 is 24.4 Å². The Balaban J connectivity index is 1.74. The number of ether oxygens (including phenoxy) is 2. The van der Waals surface area contributed by atoms with Crippen LogP contribution in [0.15, 0.2) is 49.6 Å². The Morgan fingerprint density at radius 3 is 2.62 bits per heavy atom. The van der Waals surface area contributed by atoms with Gasteiger partial charge in [0, 0.05) is 23.8 Å². The van der Waals surface area contributed by atoms with Crippen LogP contribution in [0.25, 0.3) is 0 Å². The second kappa shape index (κ2) is 10.6. The molecule has 8 nitrogen and oxygen atoms in total. The molecule has 1 spiro atoms. The summed E-state index contributed by atoms with van der Waals surface area (Å²) in [5.74, 6) is -3.05. The summed E-state index contributed by atoms with van der Waals surface area (Å²) in [6.45, 7) is 11.3. The molecule has 37 heavy (non-hydrogen) atoms. The quantitative estimate of drug-likeness (QED) is 0.268. The van der Waals surface area contributed by atoms with Crippen molar-refractivity contribution in [3.8, 4) is 0 Å². The maximum atomic E-state index is 14.3. The molecule has 0 aromatic heterocycles. The number of esters is 1. The molecule has 1 aromatic rings. The lowest BCUT2D eigenvalue weighted by molar-refractivity contribution is -0.161. The molecule has 200 valence electrons. The number of hydrogen-bond donors (Lipinski definition) is 1. The normalized spacial score (nSPS) is 31.8. The highest BCUT2D eigenvalue weighted by molar-refractivity contribution is 6.30. The number of unbranched alkanes of at least 4 members (excludes halogenated alkanes) is 1. The van der Waals surface area contributed by atoms with Crippen molar-refractivity contribution >= 4 is 35.1 Å². The number of anilines is 1. The number of aliphatic hydroxyl groups is 1. The number of rotatable bonds is 11. The Morgan fingerprint density at radius 1 is 1.30 bits per heavy atom. The van der Waals surface area contributed by atoms with Gasteiger partial charge in [-0.2, -0.15) is 0 Å². The monoisotopic (exact) mass is 530 g/mol. The first-order valence-electron chi connectivity index (χ1n) is 12.7. The van der Waals surface area contributed by atoms with E-state index in [0.29, 0.717) is 30.0 Å². The first-order valence-corrected chi connectivity index (χ1v) is 13.1. The molecule has 0 aliphatic carbocycles. The Labute approximate surface area is 222 Å². The summed E-state index contributed by atoms with van der Waals surface area (Å²) < 4.78 is 12.3. The van der Waals surface area contributed by atoms with Crippen molar-refractivity contribution in [1.29, 1.82) is 0 Å². The molecule has 3 aliphatic heterocycles. The summed E-state index contributed by atoms with van der Waals surface area (Å²) >= 11 is 6.06. The number of carbonyl (C=O) groups is 3. The van der Waals surface area contributed by atoms with E-state index in [1.54, 1.807) is 36.4 Å². The standard InChI is InChI=1S/C28H35ClN2O6/c1-5-7-8-16-36-26(35)22-21-24(33)31(14-15-32)23(28(21)17-18(3)27(22,4)37-28)25(34)30(13-6-2)20-11-9-19(29)10-12-20/h5-6,9-12,18,21-23,32H,1-2,7-8,13-17H2,3-4H3/t18?,21-,22-,23?,27+,28?/m0/s1. The number of carbonyl (C=O) groups excluding carboxylic acids is 3. The zero-order valence-electron chi connectivity index (χ0n) is 21.4. The van der Waals surface area contributed by atoms with Crippen LogP contribution in [-0.2, 0) is 23.9 Å². The SMILES string of the molecule is C=CCCCOC(=O)[C@@H]1[C@H]2C(=O)N(CCO)C(C(=O)N(CC=C)c3ccc(Cl)cc3)C23CC(C)[C@@]1(C)O3. The molecule has 2 amide bonds. The van der Waals surface area contributed by atoms with Gasteiger partial charge in [-0.05, 0) is 56.4 Å². The number of allylic oxidation sites excluding steroid dienone is 1. The van der Waals surface area contributed by atoms with Crippen molar-refractivity contribution in [2.75, 3.05) is 31.2 Å². The molecule has 3 unspecified atom stereocenters. The van der Waals surface area contributed by atoms with E-state index in [0.717, 1.165) is 0 Å². The maximum Gasteiger partial charge on any atom is 0.312 e. The lowest BCUT2D eigenvalue weighted by Gasteiger charge is -2.37. The fourth-order valence-electron chi connectivity index (χ4n) is 6.44. The molecule has 6 atom stereocenters. The number of aliphatic hydroxyl groups excluding tert-OH is 1. The van der Waals surface area contributed by atoms with Gasteiger partial charge in [0.05, 0.1) is 24.7 Å². The molecule has 3 aliphatic rings. The lowest BCUT2D eigenvalue weighted by atomic mass is 9.62. The van der Waals surface area contributed by atoms with E-state index in [4.69, 9.17) is 21.1 Å². The molecule has 2 bridgehead atoms. The van der Waals surface area contributed by atoms with E-state index in [1.165, 1.54) is 9.80 Å². The summed E-state index contributed by atoms with van der Waals surface area (Å²) in [5.41, 5.74) is -1.58. The summed E-state index contributed by atoms with van der Waals surface area (Å²) in [7, 11) is 0. The molecular formula is C28H35ClN2O6. The van der Waals surface area contributed by atoms with E-state index >= 15 is 0 Å². The van der Waals surface area contributed by atoms with E-state index < -0.39 is 35.0 Å². The molecule has 3 saturated heterocycles. The minimum Gasteiger partial charge on any atom is -0.465 e. The van der Waals surface area contributed by atoms with Gasteiger partial charge in [0.2, 0.25) is 5.91 Å². The van der Waals surface area contributed by atoms with Crippen LogP contribution in [0, 0.1) is 17.8 Å². The number of fused-ring (bicyclic) bond motifs is 1. The largest absolute Gasteiger partial charge is 0.465 e. The van der Waals surface area contributed by atoms with Crippen molar-refractivity contribution in [3.05, 3.63) is 54.6 Å². The highest BCUT2D eigenvalue weighted by Gasteiger charge is 2.80. The first kappa shape index (κ1) is 27.4.